The van der Waals surface area contributed by atoms with Gasteiger partial charge in [0.2, 0.25) is 0 Å². The topological polar surface area (TPSA) is 32.3 Å². The van der Waals surface area contributed by atoms with Crippen LogP contribution in [0.25, 0.3) is 0 Å². The molecule has 2 aromatic rings. The zero-order chi connectivity index (χ0) is 14.8. The van der Waals surface area contributed by atoms with E-state index in [1.54, 1.807) is 6.07 Å². The Morgan fingerprint density at radius 1 is 1.05 bits per heavy atom. The normalized spacial score (nSPS) is 11.4. The first-order valence-electron chi connectivity index (χ1n) is 6.69. The molecule has 0 spiro atoms. The molecule has 20 heavy (non-hydrogen) atoms. The van der Waals surface area contributed by atoms with Crippen LogP contribution in [0.3, 0.4) is 0 Å². The van der Waals surface area contributed by atoms with Gasteiger partial charge in [0.15, 0.2) is 0 Å². The summed E-state index contributed by atoms with van der Waals surface area (Å²) in [4.78, 5) is 0. The molecule has 3 heteroatoms. The number of benzene rings is 2. The van der Waals surface area contributed by atoms with Crippen LogP contribution in [0.2, 0.25) is 5.02 Å². The van der Waals surface area contributed by atoms with Gasteiger partial charge < -0.3 is 10.4 Å². The summed E-state index contributed by atoms with van der Waals surface area (Å²) in [7, 11) is 0. The van der Waals surface area contributed by atoms with Crippen molar-refractivity contribution >= 4 is 17.3 Å². The second kappa shape index (κ2) is 5.76. The van der Waals surface area contributed by atoms with Gasteiger partial charge in [-0.2, -0.15) is 0 Å². The van der Waals surface area contributed by atoms with Crippen LogP contribution < -0.4 is 5.32 Å². The largest absolute Gasteiger partial charge is 0.506 e. The molecule has 0 saturated heterocycles. The standard InChI is InChI=1S/C17H20ClNO/c1-17(2,3)13-8-4-5-10-15(13)19-11-12-7-6-9-14(18)16(12)20/h4-10,19-20H,11H2,1-3H3. The Morgan fingerprint density at radius 2 is 1.75 bits per heavy atom. The molecule has 0 heterocycles. The van der Waals surface area contributed by atoms with Crippen LogP contribution in [0.5, 0.6) is 5.75 Å². The van der Waals surface area contributed by atoms with E-state index in [-0.39, 0.29) is 11.2 Å². The average molecular weight is 290 g/mol. The van der Waals surface area contributed by atoms with Crippen LogP contribution in [-0.4, -0.2) is 5.11 Å². The van der Waals surface area contributed by atoms with Crippen molar-refractivity contribution in [2.24, 2.45) is 0 Å². The molecule has 0 atom stereocenters. The fraction of sp³-hybridized carbons (Fsp3) is 0.294. The molecule has 0 amide bonds. The summed E-state index contributed by atoms with van der Waals surface area (Å²) in [5.41, 5.74) is 3.20. The molecule has 0 fully saturated rings. The average Bonchev–Trinajstić information content (AvgIpc) is 2.40. The van der Waals surface area contributed by atoms with Crippen molar-refractivity contribution in [2.45, 2.75) is 32.7 Å². The fourth-order valence-corrected chi connectivity index (χ4v) is 2.38. The first-order valence-corrected chi connectivity index (χ1v) is 7.07. The summed E-state index contributed by atoms with van der Waals surface area (Å²) in [5.74, 6) is 0.148. The van der Waals surface area contributed by atoms with Crippen molar-refractivity contribution < 1.29 is 5.11 Å². The van der Waals surface area contributed by atoms with Gasteiger partial charge in [0.1, 0.15) is 5.75 Å². The van der Waals surface area contributed by atoms with Crippen molar-refractivity contribution in [1.29, 1.82) is 0 Å². The summed E-state index contributed by atoms with van der Waals surface area (Å²) in [6.45, 7) is 7.10. The lowest BCUT2D eigenvalue weighted by Gasteiger charge is -2.23. The molecule has 0 aliphatic heterocycles. The maximum atomic E-state index is 9.93. The SMILES string of the molecule is CC(C)(C)c1ccccc1NCc1cccc(Cl)c1O. The van der Waals surface area contributed by atoms with Crippen LogP contribution in [0.15, 0.2) is 42.5 Å². The molecule has 2 N–H and O–H groups in total. The number of para-hydroxylation sites is 2. The maximum absolute atomic E-state index is 9.93. The third-order valence-corrected chi connectivity index (χ3v) is 3.58. The minimum Gasteiger partial charge on any atom is -0.506 e. The summed E-state index contributed by atoms with van der Waals surface area (Å²) in [6, 6.07) is 13.6. The third-order valence-electron chi connectivity index (χ3n) is 3.27. The van der Waals surface area contributed by atoms with Crippen molar-refractivity contribution in [2.75, 3.05) is 5.32 Å². The Hall–Kier alpha value is -1.67. The number of nitrogens with one attached hydrogen (secondary N) is 1. The zero-order valence-electron chi connectivity index (χ0n) is 12.1. The molecule has 2 nitrogen and oxygen atoms in total. The van der Waals surface area contributed by atoms with Gasteiger partial charge in [0.25, 0.3) is 0 Å². The summed E-state index contributed by atoms with van der Waals surface area (Å²) in [6.07, 6.45) is 0. The van der Waals surface area contributed by atoms with E-state index in [1.165, 1.54) is 5.56 Å². The number of rotatable bonds is 3. The Morgan fingerprint density at radius 3 is 2.45 bits per heavy atom. The molecule has 0 radical (unpaired) electrons. The van der Waals surface area contributed by atoms with E-state index >= 15 is 0 Å². The Labute approximate surface area is 125 Å². The van der Waals surface area contributed by atoms with E-state index in [0.29, 0.717) is 11.6 Å². The number of phenols is 1. The van der Waals surface area contributed by atoms with Crippen LogP contribution in [0.1, 0.15) is 31.9 Å². The number of anilines is 1. The maximum Gasteiger partial charge on any atom is 0.139 e. The quantitative estimate of drug-likeness (QED) is 0.837. The predicted octanol–water partition coefficient (Wildman–Crippen LogP) is 4.96. The molecule has 0 saturated carbocycles. The zero-order valence-corrected chi connectivity index (χ0v) is 12.8. The third kappa shape index (κ3) is 3.26. The van der Waals surface area contributed by atoms with Gasteiger partial charge in [-0.3, -0.25) is 0 Å². The highest BCUT2D eigenvalue weighted by molar-refractivity contribution is 6.32. The van der Waals surface area contributed by atoms with E-state index in [4.69, 9.17) is 11.6 Å². The van der Waals surface area contributed by atoms with E-state index in [0.717, 1.165) is 11.3 Å². The Kier molecular flexibility index (Phi) is 4.24. The van der Waals surface area contributed by atoms with Gasteiger partial charge >= 0.3 is 0 Å². The molecular formula is C17H20ClNO. The van der Waals surface area contributed by atoms with Crippen LogP contribution in [-0.2, 0) is 12.0 Å². The van der Waals surface area contributed by atoms with E-state index < -0.39 is 0 Å². The van der Waals surface area contributed by atoms with E-state index in [2.05, 4.69) is 38.2 Å². The van der Waals surface area contributed by atoms with Gasteiger partial charge in [0, 0.05) is 17.8 Å². The Bertz CT molecular complexity index is 602. The molecule has 2 rings (SSSR count). The Balaban J connectivity index is 2.22. The second-order valence-electron chi connectivity index (χ2n) is 5.90. The monoisotopic (exact) mass is 289 g/mol. The van der Waals surface area contributed by atoms with E-state index in [1.807, 2.05) is 24.3 Å². The molecule has 0 aliphatic carbocycles. The molecule has 0 aliphatic rings. The highest BCUT2D eigenvalue weighted by Gasteiger charge is 2.17. The molecule has 0 bridgehead atoms. The molecule has 106 valence electrons. The lowest BCUT2D eigenvalue weighted by Crippen LogP contribution is -2.14. The van der Waals surface area contributed by atoms with Crippen LogP contribution >= 0.6 is 11.6 Å². The van der Waals surface area contributed by atoms with Crippen molar-refractivity contribution in [3.63, 3.8) is 0 Å². The summed E-state index contributed by atoms with van der Waals surface area (Å²) in [5, 5.41) is 13.7. The minimum atomic E-state index is 0.0694. The van der Waals surface area contributed by atoms with Gasteiger partial charge in [0.05, 0.1) is 5.02 Å². The number of halogens is 1. The number of hydrogen-bond acceptors (Lipinski definition) is 2. The van der Waals surface area contributed by atoms with Gasteiger partial charge in [-0.1, -0.05) is 62.7 Å². The van der Waals surface area contributed by atoms with Crippen molar-refractivity contribution in [1.82, 2.24) is 0 Å². The van der Waals surface area contributed by atoms with Gasteiger partial charge in [-0.25, -0.2) is 0 Å². The highest BCUT2D eigenvalue weighted by Crippen LogP contribution is 2.31. The molecule has 2 aromatic carbocycles. The second-order valence-corrected chi connectivity index (χ2v) is 6.30. The van der Waals surface area contributed by atoms with Crippen LogP contribution in [0.4, 0.5) is 5.69 Å². The lowest BCUT2D eigenvalue weighted by molar-refractivity contribution is 0.469. The molecular weight excluding hydrogens is 270 g/mol. The molecule has 0 unspecified atom stereocenters. The summed E-state index contributed by atoms with van der Waals surface area (Å²) < 4.78 is 0. The number of hydrogen-bond donors (Lipinski definition) is 2. The first kappa shape index (κ1) is 14.7. The number of aromatic hydroxyl groups is 1. The van der Waals surface area contributed by atoms with Crippen molar-refractivity contribution in [3.8, 4) is 5.75 Å². The minimum absolute atomic E-state index is 0.0694. The smallest absolute Gasteiger partial charge is 0.139 e. The highest BCUT2D eigenvalue weighted by atomic mass is 35.5. The molecule has 0 aromatic heterocycles. The summed E-state index contributed by atoms with van der Waals surface area (Å²) >= 11 is 5.92. The van der Waals surface area contributed by atoms with E-state index in [9.17, 15) is 5.11 Å². The number of phenolic OH excluding ortho intramolecular Hbond substituents is 1. The van der Waals surface area contributed by atoms with Crippen molar-refractivity contribution in [3.05, 3.63) is 58.6 Å². The lowest BCUT2D eigenvalue weighted by atomic mass is 9.86. The first-order chi connectivity index (χ1) is 9.39. The predicted molar refractivity (Wildman–Crippen MR) is 85.6 cm³/mol. The van der Waals surface area contributed by atoms with Crippen LogP contribution in [0, 0.1) is 0 Å². The van der Waals surface area contributed by atoms with Gasteiger partial charge in [-0.15, -0.1) is 0 Å². The van der Waals surface area contributed by atoms with Gasteiger partial charge in [-0.05, 0) is 23.1 Å². The fourth-order valence-electron chi connectivity index (χ4n) is 2.18.